The van der Waals surface area contributed by atoms with Crippen LogP contribution < -0.4 is 5.32 Å². The number of likely N-dealkylation sites (tertiary alicyclic amines) is 1. The van der Waals surface area contributed by atoms with Gasteiger partial charge in [-0.2, -0.15) is 0 Å². The van der Waals surface area contributed by atoms with Crippen LogP contribution in [0.3, 0.4) is 0 Å². The summed E-state index contributed by atoms with van der Waals surface area (Å²) in [5.74, 6) is 0.921. The summed E-state index contributed by atoms with van der Waals surface area (Å²) in [5, 5.41) is 8.00. The molecule has 1 saturated heterocycles. The minimum absolute atomic E-state index is 0.0181. The van der Waals surface area contributed by atoms with Gasteiger partial charge in [-0.25, -0.2) is 4.98 Å². The number of anilines is 1. The molecule has 2 aromatic rings. The first-order valence-electron chi connectivity index (χ1n) is 10.3. The second kappa shape index (κ2) is 8.98. The smallest absolute Gasteiger partial charge is 0.256 e. The first-order valence-corrected chi connectivity index (χ1v) is 11.1. The van der Waals surface area contributed by atoms with Gasteiger partial charge in [0.1, 0.15) is 10.8 Å². The predicted octanol–water partition coefficient (Wildman–Crippen LogP) is 3.90. The molecule has 0 unspecified atom stereocenters. The highest BCUT2D eigenvalue weighted by atomic mass is 32.2. The van der Waals surface area contributed by atoms with Gasteiger partial charge in [-0.1, -0.05) is 18.0 Å². The average molecular weight is 415 g/mol. The van der Waals surface area contributed by atoms with Gasteiger partial charge in [-0.05, 0) is 44.7 Å². The van der Waals surface area contributed by atoms with Gasteiger partial charge in [-0.15, -0.1) is 11.8 Å². The minimum Gasteiger partial charge on any atom is -0.360 e. The van der Waals surface area contributed by atoms with Gasteiger partial charge in [0.05, 0.1) is 5.56 Å². The topological polar surface area (TPSA) is 88.3 Å². The molecule has 0 aromatic carbocycles. The van der Waals surface area contributed by atoms with E-state index in [0.29, 0.717) is 48.3 Å². The van der Waals surface area contributed by atoms with Crippen molar-refractivity contribution in [2.45, 2.75) is 55.7 Å². The van der Waals surface area contributed by atoms with Crippen LogP contribution in [-0.2, 0) is 4.79 Å². The van der Waals surface area contributed by atoms with Crippen LogP contribution in [0.25, 0.3) is 0 Å². The largest absolute Gasteiger partial charge is 0.360 e. The summed E-state index contributed by atoms with van der Waals surface area (Å²) in [5.41, 5.74) is 0.686. The van der Waals surface area contributed by atoms with E-state index >= 15 is 0 Å². The standard InChI is InChI=1S/C21H26N4O3S/c1-14-13-18(24-28-14)23-19(26)15-8-11-25(12-9-15)21(27)17-7-4-10-22-20(17)29-16-5-2-3-6-16/h4,7,10,13,15-16H,2-3,5-6,8-9,11-12H2,1H3,(H,23,24,26). The fourth-order valence-corrected chi connectivity index (χ4v) is 5.27. The highest BCUT2D eigenvalue weighted by Crippen LogP contribution is 2.35. The normalized spacial score (nSPS) is 18.2. The number of aryl methyl sites for hydroxylation is 1. The zero-order chi connectivity index (χ0) is 20.2. The fraction of sp³-hybridized carbons (Fsp3) is 0.524. The zero-order valence-electron chi connectivity index (χ0n) is 16.6. The Labute approximate surface area is 174 Å². The molecule has 1 N–H and O–H groups in total. The van der Waals surface area contributed by atoms with Crippen LogP contribution in [0.5, 0.6) is 0 Å². The molecule has 29 heavy (non-hydrogen) atoms. The van der Waals surface area contributed by atoms with Crippen molar-refractivity contribution in [1.29, 1.82) is 0 Å². The quantitative estimate of drug-likeness (QED) is 0.798. The molecule has 2 amide bonds. The lowest BCUT2D eigenvalue weighted by molar-refractivity contribution is -0.121. The van der Waals surface area contributed by atoms with Gasteiger partial charge in [0.25, 0.3) is 5.91 Å². The molecule has 154 valence electrons. The van der Waals surface area contributed by atoms with E-state index in [9.17, 15) is 9.59 Å². The Morgan fingerprint density at radius 2 is 1.97 bits per heavy atom. The number of carbonyl (C=O) groups excluding carboxylic acids is 2. The summed E-state index contributed by atoms with van der Waals surface area (Å²) in [4.78, 5) is 31.9. The third kappa shape index (κ3) is 4.80. The van der Waals surface area contributed by atoms with Crippen molar-refractivity contribution in [1.82, 2.24) is 15.0 Å². The number of hydrogen-bond acceptors (Lipinski definition) is 6. The van der Waals surface area contributed by atoms with E-state index in [4.69, 9.17) is 4.52 Å². The van der Waals surface area contributed by atoms with Crippen molar-refractivity contribution in [3.8, 4) is 0 Å². The van der Waals surface area contributed by atoms with Crippen molar-refractivity contribution in [2.24, 2.45) is 5.92 Å². The number of nitrogens with zero attached hydrogens (tertiary/aromatic N) is 3. The van der Waals surface area contributed by atoms with E-state index in [0.717, 1.165) is 5.03 Å². The molecule has 7 nitrogen and oxygen atoms in total. The van der Waals surface area contributed by atoms with Crippen molar-refractivity contribution in [3.05, 3.63) is 35.7 Å². The Balaban J connectivity index is 1.35. The van der Waals surface area contributed by atoms with Crippen LogP contribution >= 0.6 is 11.8 Å². The number of hydrogen-bond donors (Lipinski definition) is 1. The number of rotatable bonds is 5. The molecule has 0 radical (unpaired) electrons. The van der Waals surface area contributed by atoms with Gasteiger partial charge < -0.3 is 14.7 Å². The molecule has 2 fully saturated rings. The molecule has 0 spiro atoms. The predicted molar refractivity (Wildman–Crippen MR) is 111 cm³/mol. The first kappa shape index (κ1) is 19.9. The van der Waals surface area contributed by atoms with Gasteiger partial charge in [0.15, 0.2) is 5.82 Å². The van der Waals surface area contributed by atoms with Gasteiger partial charge >= 0.3 is 0 Å². The van der Waals surface area contributed by atoms with Crippen molar-refractivity contribution in [2.75, 3.05) is 18.4 Å². The number of thioether (sulfide) groups is 1. The monoisotopic (exact) mass is 414 g/mol. The maximum atomic E-state index is 13.1. The van der Waals surface area contributed by atoms with Crippen LogP contribution in [0.15, 0.2) is 33.9 Å². The third-order valence-electron chi connectivity index (χ3n) is 5.61. The van der Waals surface area contributed by atoms with Crippen LogP contribution in [0.2, 0.25) is 0 Å². The Morgan fingerprint density at radius 3 is 2.66 bits per heavy atom. The zero-order valence-corrected chi connectivity index (χ0v) is 17.4. The Kier molecular flexibility index (Phi) is 6.18. The lowest BCUT2D eigenvalue weighted by Gasteiger charge is -2.31. The first-order chi connectivity index (χ1) is 14.1. The number of aromatic nitrogens is 2. The second-order valence-electron chi connectivity index (χ2n) is 7.76. The SMILES string of the molecule is Cc1cc(NC(=O)C2CCN(C(=O)c3cccnc3SC3CCCC3)CC2)no1. The van der Waals surface area contributed by atoms with Crippen LogP contribution in [0.4, 0.5) is 5.82 Å². The van der Waals surface area contributed by atoms with E-state index in [1.165, 1.54) is 25.7 Å². The van der Waals surface area contributed by atoms with E-state index in [1.807, 2.05) is 17.0 Å². The molecule has 1 saturated carbocycles. The Hall–Kier alpha value is -2.35. The molecular weight excluding hydrogens is 388 g/mol. The highest BCUT2D eigenvalue weighted by Gasteiger charge is 2.30. The molecule has 3 heterocycles. The molecule has 0 atom stereocenters. The molecule has 4 rings (SSSR count). The minimum atomic E-state index is -0.128. The summed E-state index contributed by atoms with van der Waals surface area (Å²) in [7, 11) is 0. The average Bonchev–Trinajstić information content (AvgIpc) is 3.39. The molecule has 2 aromatic heterocycles. The summed E-state index contributed by atoms with van der Waals surface area (Å²) in [6.45, 7) is 2.92. The maximum absolute atomic E-state index is 13.1. The molecular formula is C21H26N4O3S. The van der Waals surface area contributed by atoms with E-state index in [-0.39, 0.29) is 17.7 Å². The number of nitrogens with one attached hydrogen (secondary N) is 1. The second-order valence-corrected chi connectivity index (χ2v) is 9.05. The Morgan fingerprint density at radius 1 is 1.21 bits per heavy atom. The van der Waals surface area contributed by atoms with E-state index < -0.39 is 0 Å². The molecule has 1 aliphatic carbocycles. The molecule has 2 aliphatic rings. The number of pyridine rings is 1. The Bertz CT molecular complexity index is 870. The van der Waals surface area contributed by atoms with Gasteiger partial charge in [0, 0.05) is 36.5 Å². The fourth-order valence-electron chi connectivity index (χ4n) is 3.98. The number of amides is 2. The van der Waals surface area contributed by atoms with E-state index in [1.54, 1.807) is 30.9 Å². The summed E-state index contributed by atoms with van der Waals surface area (Å²) >= 11 is 1.74. The van der Waals surface area contributed by atoms with Crippen LogP contribution in [0, 0.1) is 12.8 Å². The van der Waals surface area contributed by atoms with Crippen LogP contribution in [0.1, 0.15) is 54.6 Å². The summed E-state index contributed by atoms with van der Waals surface area (Å²) in [6.07, 6.45) is 7.95. The highest BCUT2D eigenvalue weighted by molar-refractivity contribution is 7.99. The van der Waals surface area contributed by atoms with Gasteiger partial charge in [0.2, 0.25) is 5.91 Å². The maximum Gasteiger partial charge on any atom is 0.256 e. The summed E-state index contributed by atoms with van der Waals surface area (Å²) in [6, 6.07) is 5.40. The van der Waals surface area contributed by atoms with Crippen molar-refractivity contribution < 1.29 is 14.1 Å². The lowest BCUT2D eigenvalue weighted by Crippen LogP contribution is -2.41. The third-order valence-corrected chi connectivity index (χ3v) is 6.97. The number of carbonyl (C=O) groups is 2. The van der Waals surface area contributed by atoms with Gasteiger partial charge in [-0.3, -0.25) is 9.59 Å². The van der Waals surface area contributed by atoms with Crippen molar-refractivity contribution in [3.63, 3.8) is 0 Å². The van der Waals surface area contributed by atoms with Crippen LogP contribution in [-0.4, -0.2) is 45.2 Å². The molecule has 8 heteroatoms. The molecule has 1 aliphatic heterocycles. The van der Waals surface area contributed by atoms with E-state index in [2.05, 4.69) is 15.5 Å². The molecule has 0 bridgehead atoms. The van der Waals surface area contributed by atoms with Crippen molar-refractivity contribution >= 4 is 29.4 Å². The lowest BCUT2D eigenvalue weighted by atomic mass is 9.95. The number of piperidine rings is 1. The summed E-state index contributed by atoms with van der Waals surface area (Å²) < 4.78 is 4.98.